The van der Waals surface area contributed by atoms with E-state index in [1.165, 1.54) is 12.1 Å². The molecule has 0 saturated heterocycles. The van der Waals surface area contributed by atoms with Gasteiger partial charge in [-0.15, -0.1) is 0 Å². The van der Waals surface area contributed by atoms with Crippen LogP contribution in [0.3, 0.4) is 0 Å². The van der Waals surface area contributed by atoms with E-state index in [9.17, 15) is 0 Å². The van der Waals surface area contributed by atoms with Gasteiger partial charge in [-0.2, -0.15) is 0 Å². The number of H-pyrrole nitrogens is 1. The van der Waals surface area contributed by atoms with E-state index in [4.69, 9.17) is 5.73 Å². The first-order valence-corrected chi connectivity index (χ1v) is 4.34. The molecule has 0 saturated carbocycles. The lowest BCUT2D eigenvalue weighted by Crippen LogP contribution is -2.14. The van der Waals surface area contributed by atoms with Gasteiger partial charge in [0.2, 0.25) is 0 Å². The summed E-state index contributed by atoms with van der Waals surface area (Å²) in [5.41, 5.74) is 6.70. The number of rotatable bonds is 1. The van der Waals surface area contributed by atoms with Crippen LogP contribution in [-0.2, 0) is 6.54 Å². The number of hydrogen-bond donors (Lipinski definition) is 3. The Bertz CT molecular complexity index is 279. The molecule has 2 rings (SSSR count). The molecular weight excluding hydrogens is 152 g/mol. The van der Waals surface area contributed by atoms with Gasteiger partial charge in [-0.3, -0.25) is 0 Å². The number of nitrogens with two attached hydrogens (primary N) is 1. The summed E-state index contributed by atoms with van der Waals surface area (Å²) in [6, 6.07) is 0. The van der Waals surface area contributed by atoms with E-state index in [0.717, 1.165) is 18.2 Å². The van der Waals surface area contributed by atoms with Crippen LogP contribution in [0.1, 0.15) is 30.8 Å². The minimum absolute atomic E-state index is 0.487. The van der Waals surface area contributed by atoms with Crippen molar-refractivity contribution < 1.29 is 0 Å². The molecule has 1 aromatic heterocycles. The normalized spacial score (nSPS) is 21.7. The summed E-state index contributed by atoms with van der Waals surface area (Å²) in [5, 5.41) is 3.25. The molecule has 0 amide bonds. The average molecular weight is 166 g/mol. The summed E-state index contributed by atoms with van der Waals surface area (Å²) in [7, 11) is 0. The van der Waals surface area contributed by atoms with Gasteiger partial charge in [0.15, 0.2) is 0 Å². The third-order valence-corrected chi connectivity index (χ3v) is 2.34. The number of hydrogen-bond acceptors (Lipinski definition) is 3. The van der Waals surface area contributed by atoms with E-state index < -0.39 is 0 Å². The summed E-state index contributed by atoms with van der Waals surface area (Å²) in [6.07, 6.45) is 1.17. The van der Waals surface area contributed by atoms with Gasteiger partial charge >= 0.3 is 0 Å². The predicted octanol–water partition coefficient (Wildman–Crippen LogP) is 0.787. The second-order valence-electron chi connectivity index (χ2n) is 3.27. The van der Waals surface area contributed by atoms with E-state index in [-0.39, 0.29) is 0 Å². The topological polar surface area (TPSA) is 66.7 Å². The van der Waals surface area contributed by atoms with Crippen molar-refractivity contribution in [2.75, 3.05) is 11.9 Å². The molecule has 1 aromatic rings. The van der Waals surface area contributed by atoms with Crippen LogP contribution in [0.4, 0.5) is 5.82 Å². The first-order valence-electron chi connectivity index (χ1n) is 4.34. The van der Waals surface area contributed by atoms with Crippen LogP contribution in [-0.4, -0.2) is 16.5 Å². The molecule has 0 radical (unpaired) electrons. The van der Waals surface area contributed by atoms with E-state index >= 15 is 0 Å². The molecule has 1 aliphatic heterocycles. The fourth-order valence-corrected chi connectivity index (χ4v) is 1.58. The first-order chi connectivity index (χ1) is 5.81. The maximum Gasteiger partial charge on any atom is 0.147 e. The lowest BCUT2D eigenvalue weighted by atomic mass is 10.0. The quantitative estimate of drug-likeness (QED) is 0.577. The number of aromatic nitrogens is 2. The minimum Gasteiger partial charge on any atom is -0.369 e. The van der Waals surface area contributed by atoms with Gasteiger partial charge in [-0.05, 0) is 6.42 Å². The van der Waals surface area contributed by atoms with Crippen LogP contribution in [0, 0.1) is 0 Å². The van der Waals surface area contributed by atoms with Crippen molar-refractivity contribution in [1.29, 1.82) is 0 Å². The number of fused-ring (bicyclic) bond motifs is 1. The SMILES string of the molecule is CC1CCNc2nc(CN)[nH]c21. The summed E-state index contributed by atoms with van der Waals surface area (Å²) >= 11 is 0. The Morgan fingerprint density at radius 1 is 1.67 bits per heavy atom. The lowest BCUT2D eigenvalue weighted by Gasteiger charge is -2.18. The van der Waals surface area contributed by atoms with E-state index in [2.05, 4.69) is 22.2 Å². The zero-order valence-corrected chi connectivity index (χ0v) is 7.22. The Kier molecular flexibility index (Phi) is 1.77. The Balaban J connectivity index is 2.37. The van der Waals surface area contributed by atoms with Crippen LogP contribution in [0.2, 0.25) is 0 Å². The molecule has 1 atom stereocenters. The van der Waals surface area contributed by atoms with Crippen molar-refractivity contribution in [1.82, 2.24) is 9.97 Å². The summed E-state index contributed by atoms with van der Waals surface area (Å²) in [5.74, 6) is 2.45. The molecule has 0 bridgehead atoms. The summed E-state index contributed by atoms with van der Waals surface area (Å²) in [4.78, 5) is 7.56. The highest BCUT2D eigenvalue weighted by molar-refractivity contribution is 5.45. The zero-order chi connectivity index (χ0) is 8.55. The van der Waals surface area contributed by atoms with Gasteiger partial charge in [0.05, 0.1) is 12.2 Å². The summed E-state index contributed by atoms with van der Waals surface area (Å²) < 4.78 is 0. The fraction of sp³-hybridized carbons (Fsp3) is 0.625. The number of anilines is 1. The van der Waals surface area contributed by atoms with Crippen LogP contribution in [0.15, 0.2) is 0 Å². The molecular formula is C8H14N4. The minimum atomic E-state index is 0.487. The van der Waals surface area contributed by atoms with E-state index in [1.807, 2.05) is 0 Å². The fourth-order valence-electron chi connectivity index (χ4n) is 1.58. The Hall–Kier alpha value is -1.03. The molecule has 0 aliphatic carbocycles. The molecule has 1 aliphatic rings. The van der Waals surface area contributed by atoms with Gasteiger partial charge in [-0.25, -0.2) is 4.98 Å². The van der Waals surface area contributed by atoms with E-state index in [1.54, 1.807) is 0 Å². The number of aromatic amines is 1. The van der Waals surface area contributed by atoms with Crippen molar-refractivity contribution in [3.63, 3.8) is 0 Å². The van der Waals surface area contributed by atoms with Crippen molar-refractivity contribution in [2.45, 2.75) is 25.8 Å². The second-order valence-corrected chi connectivity index (χ2v) is 3.27. The Morgan fingerprint density at radius 2 is 2.50 bits per heavy atom. The maximum atomic E-state index is 5.49. The molecule has 1 unspecified atom stereocenters. The molecule has 4 nitrogen and oxygen atoms in total. The molecule has 0 spiro atoms. The molecule has 4 N–H and O–H groups in total. The third kappa shape index (κ3) is 1.08. The highest BCUT2D eigenvalue weighted by atomic mass is 15.1. The van der Waals surface area contributed by atoms with Crippen LogP contribution in [0.5, 0.6) is 0 Å². The second kappa shape index (κ2) is 2.79. The maximum absolute atomic E-state index is 5.49. The van der Waals surface area contributed by atoms with Crippen molar-refractivity contribution in [3.8, 4) is 0 Å². The van der Waals surface area contributed by atoms with Crippen LogP contribution >= 0.6 is 0 Å². The highest BCUT2D eigenvalue weighted by Crippen LogP contribution is 2.28. The monoisotopic (exact) mass is 166 g/mol. The molecule has 0 fully saturated rings. The number of nitrogens with zero attached hydrogens (tertiary/aromatic N) is 1. The van der Waals surface area contributed by atoms with Crippen LogP contribution < -0.4 is 11.1 Å². The number of nitrogens with one attached hydrogen (secondary N) is 2. The largest absolute Gasteiger partial charge is 0.369 e. The van der Waals surface area contributed by atoms with E-state index in [0.29, 0.717) is 12.5 Å². The van der Waals surface area contributed by atoms with Gasteiger partial charge in [0.1, 0.15) is 11.6 Å². The predicted molar refractivity (Wildman–Crippen MR) is 48.0 cm³/mol. The smallest absolute Gasteiger partial charge is 0.147 e. The van der Waals surface area contributed by atoms with Crippen molar-refractivity contribution in [2.24, 2.45) is 5.73 Å². The van der Waals surface area contributed by atoms with Crippen LogP contribution in [0.25, 0.3) is 0 Å². The standard InChI is InChI=1S/C8H14N4/c1-5-2-3-10-8-7(5)11-6(4-9)12-8/h5,10H,2-4,9H2,1H3,(H,11,12). The number of imidazole rings is 1. The lowest BCUT2D eigenvalue weighted by molar-refractivity contribution is 0.664. The van der Waals surface area contributed by atoms with Gasteiger partial charge < -0.3 is 16.0 Å². The Labute approximate surface area is 71.6 Å². The molecule has 66 valence electrons. The average Bonchev–Trinajstić information content (AvgIpc) is 2.49. The first kappa shape index (κ1) is 7.61. The summed E-state index contributed by atoms with van der Waals surface area (Å²) in [6.45, 7) is 3.71. The third-order valence-electron chi connectivity index (χ3n) is 2.34. The molecule has 0 aromatic carbocycles. The highest BCUT2D eigenvalue weighted by Gasteiger charge is 2.19. The van der Waals surface area contributed by atoms with Gasteiger partial charge in [-0.1, -0.05) is 6.92 Å². The van der Waals surface area contributed by atoms with Crippen molar-refractivity contribution in [3.05, 3.63) is 11.5 Å². The zero-order valence-electron chi connectivity index (χ0n) is 7.22. The van der Waals surface area contributed by atoms with Crippen molar-refractivity contribution >= 4 is 5.82 Å². The molecule has 12 heavy (non-hydrogen) atoms. The Morgan fingerprint density at radius 3 is 3.17 bits per heavy atom. The molecule has 4 heteroatoms. The molecule has 2 heterocycles. The van der Waals surface area contributed by atoms with Gasteiger partial charge in [0, 0.05) is 12.5 Å². The van der Waals surface area contributed by atoms with Gasteiger partial charge in [0.25, 0.3) is 0 Å².